The number of azo groups is 1. The molecule has 1 amide bonds. The van der Waals surface area contributed by atoms with Gasteiger partial charge < -0.3 is 5.32 Å². The van der Waals surface area contributed by atoms with Gasteiger partial charge in [-0.05, 0) is 49.2 Å². The van der Waals surface area contributed by atoms with Gasteiger partial charge in [-0.15, -0.1) is 0 Å². The first kappa shape index (κ1) is 15.9. The molecule has 1 N–H and O–H groups in total. The van der Waals surface area contributed by atoms with Crippen molar-refractivity contribution in [3.8, 4) is 0 Å². The summed E-state index contributed by atoms with van der Waals surface area (Å²) in [6.07, 6.45) is 0. The summed E-state index contributed by atoms with van der Waals surface area (Å²) in [5.41, 5.74) is 4.49. The van der Waals surface area contributed by atoms with Gasteiger partial charge in [-0.3, -0.25) is 4.79 Å². The maximum absolute atomic E-state index is 11.7. The van der Waals surface area contributed by atoms with Crippen molar-refractivity contribution < 1.29 is 4.79 Å². The van der Waals surface area contributed by atoms with Crippen molar-refractivity contribution in [1.29, 1.82) is 0 Å². The Hall–Kier alpha value is -2.49. The van der Waals surface area contributed by atoms with E-state index in [0.717, 1.165) is 28.2 Å². The van der Waals surface area contributed by atoms with Crippen LogP contribution in [0.5, 0.6) is 0 Å². The number of rotatable bonds is 4. The van der Waals surface area contributed by atoms with Crippen LogP contribution in [0.1, 0.15) is 25.0 Å². The summed E-state index contributed by atoms with van der Waals surface area (Å²) in [7, 11) is 0. The first-order valence-corrected chi connectivity index (χ1v) is 7.36. The standard InChI is InChI=1S/C18H21N3O/c1-12(2)18(22)19-16-10-9-15(11-14(16)4)20-21-17-8-6-5-7-13(17)3/h5-12H,1-4H3,(H,19,22). The fourth-order valence-electron chi connectivity index (χ4n) is 1.91. The molecule has 0 saturated carbocycles. The van der Waals surface area contributed by atoms with E-state index in [1.165, 1.54) is 0 Å². The molecular weight excluding hydrogens is 274 g/mol. The highest BCUT2D eigenvalue weighted by Gasteiger charge is 2.08. The molecule has 0 heterocycles. The number of benzene rings is 2. The molecule has 0 aliphatic rings. The second-order valence-electron chi connectivity index (χ2n) is 5.63. The quantitative estimate of drug-likeness (QED) is 0.763. The lowest BCUT2D eigenvalue weighted by atomic mass is 10.1. The summed E-state index contributed by atoms with van der Waals surface area (Å²) in [4.78, 5) is 11.7. The molecule has 4 heteroatoms. The molecule has 2 aromatic carbocycles. The summed E-state index contributed by atoms with van der Waals surface area (Å²) in [5.74, 6) is -0.0304. The second-order valence-corrected chi connectivity index (χ2v) is 5.63. The van der Waals surface area contributed by atoms with Gasteiger partial charge in [0.15, 0.2) is 0 Å². The van der Waals surface area contributed by atoms with Crippen LogP contribution in [0, 0.1) is 19.8 Å². The summed E-state index contributed by atoms with van der Waals surface area (Å²) in [5, 5.41) is 11.4. The van der Waals surface area contributed by atoms with Gasteiger partial charge in [-0.2, -0.15) is 10.2 Å². The average molecular weight is 295 g/mol. The molecule has 2 aromatic rings. The van der Waals surface area contributed by atoms with E-state index in [4.69, 9.17) is 0 Å². The van der Waals surface area contributed by atoms with Crippen LogP contribution in [0.4, 0.5) is 17.1 Å². The van der Waals surface area contributed by atoms with Gasteiger partial charge >= 0.3 is 0 Å². The maximum atomic E-state index is 11.7. The van der Waals surface area contributed by atoms with Crippen LogP contribution in [0.15, 0.2) is 52.7 Å². The number of nitrogens with zero attached hydrogens (tertiary/aromatic N) is 2. The lowest BCUT2D eigenvalue weighted by Crippen LogP contribution is -2.18. The molecule has 114 valence electrons. The Kier molecular flexibility index (Phi) is 5.04. The zero-order chi connectivity index (χ0) is 16.1. The number of carbonyl (C=O) groups excluding carboxylic acids is 1. The van der Waals surface area contributed by atoms with Gasteiger partial charge in [-0.25, -0.2) is 0 Å². The molecule has 0 aliphatic carbocycles. The predicted molar refractivity (Wildman–Crippen MR) is 90.0 cm³/mol. The van der Waals surface area contributed by atoms with Crippen LogP contribution < -0.4 is 5.32 Å². The largest absolute Gasteiger partial charge is 0.326 e. The second kappa shape index (κ2) is 6.98. The fourth-order valence-corrected chi connectivity index (χ4v) is 1.91. The monoisotopic (exact) mass is 295 g/mol. The molecular formula is C18H21N3O. The molecule has 0 saturated heterocycles. The molecule has 22 heavy (non-hydrogen) atoms. The minimum atomic E-state index is -0.0418. The van der Waals surface area contributed by atoms with Crippen molar-refractivity contribution in [3.63, 3.8) is 0 Å². The first-order valence-electron chi connectivity index (χ1n) is 7.36. The van der Waals surface area contributed by atoms with Crippen molar-refractivity contribution >= 4 is 23.0 Å². The lowest BCUT2D eigenvalue weighted by molar-refractivity contribution is -0.118. The van der Waals surface area contributed by atoms with Crippen molar-refractivity contribution in [1.82, 2.24) is 0 Å². The third kappa shape index (κ3) is 4.01. The van der Waals surface area contributed by atoms with Crippen LogP contribution in [0.25, 0.3) is 0 Å². The highest BCUT2D eigenvalue weighted by Crippen LogP contribution is 2.25. The molecule has 0 spiro atoms. The Morgan fingerprint density at radius 1 is 1.00 bits per heavy atom. The van der Waals surface area contributed by atoms with Crippen LogP contribution >= 0.6 is 0 Å². The van der Waals surface area contributed by atoms with E-state index in [1.807, 2.05) is 70.2 Å². The van der Waals surface area contributed by atoms with Crippen LogP contribution in [-0.2, 0) is 4.79 Å². The Bertz CT molecular complexity index is 705. The number of hydrogen-bond donors (Lipinski definition) is 1. The molecule has 2 rings (SSSR count). The summed E-state index contributed by atoms with van der Waals surface area (Å²) < 4.78 is 0. The third-order valence-electron chi connectivity index (χ3n) is 3.38. The molecule has 0 radical (unpaired) electrons. The van der Waals surface area contributed by atoms with E-state index in [9.17, 15) is 4.79 Å². The molecule has 0 atom stereocenters. The van der Waals surface area contributed by atoms with Gasteiger partial charge in [-0.1, -0.05) is 32.0 Å². The lowest BCUT2D eigenvalue weighted by Gasteiger charge is -2.10. The van der Waals surface area contributed by atoms with E-state index >= 15 is 0 Å². The predicted octanol–water partition coefficient (Wildman–Crippen LogP) is 5.31. The molecule has 0 aliphatic heterocycles. The molecule has 0 bridgehead atoms. The minimum Gasteiger partial charge on any atom is -0.326 e. The summed E-state index contributed by atoms with van der Waals surface area (Å²) >= 11 is 0. The molecule has 0 aromatic heterocycles. The van der Waals surface area contributed by atoms with Crippen molar-refractivity contribution in [2.45, 2.75) is 27.7 Å². The van der Waals surface area contributed by atoms with E-state index in [-0.39, 0.29) is 11.8 Å². The summed E-state index contributed by atoms with van der Waals surface area (Å²) in [6, 6.07) is 13.5. The smallest absolute Gasteiger partial charge is 0.226 e. The van der Waals surface area contributed by atoms with E-state index in [2.05, 4.69) is 15.5 Å². The van der Waals surface area contributed by atoms with Gasteiger partial charge in [0.05, 0.1) is 11.4 Å². The number of nitrogens with one attached hydrogen (secondary N) is 1. The molecule has 0 unspecified atom stereocenters. The fraction of sp³-hybridized carbons (Fsp3) is 0.278. The van der Waals surface area contributed by atoms with E-state index < -0.39 is 0 Å². The number of anilines is 1. The Morgan fingerprint density at radius 2 is 1.73 bits per heavy atom. The van der Waals surface area contributed by atoms with E-state index in [1.54, 1.807) is 0 Å². The van der Waals surface area contributed by atoms with Crippen molar-refractivity contribution in [2.75, 3.05) is 5.32 Å². The molecule has 4 nitrogen and oxygen atoms in total. The highest BCUT2D eigenvalue weighted by molar-refractivity contribution is 5.92. The third-order valence-corrected chi connectivity index (χ3v) is 3.38. The topological polar surface area (TPSA) is 53.8 Å². The Morgan fingerprint density at radius 3 is 2.36 bits per heavy atom. The average Bonchev–Trinajstić information content (AvgIpc) is 2.48. The van der Waals surface area contributed by atoms with Gasteiger partial charge in [0.25, 0.3) is 0 Å². The van der Waals surface area contributed by atoms with Crippen molar-refractivity contribution in [2.24, 2.45) is 16.1 Å². The number of hydrogen-bond acceptors (Lipinski definition) is 3. The SMILES string of the molecule is Cc1ccccc1N=Nc1ccc(NC(=O)C(C)C)c(C)c1. The molecule has 0 fully saturated rings. The normalized spacial score (nSPS) is 11.1. The maximum Gasteiger partial charge on any atom is 0.226 e. The van der Waals surface area contributed by atoms with Crippen molar-refractivity contribution in [3.05, 3.63) is 53.6 Å². The number of aryl methyl sites for hydroxylation is 2. The Balaban J connectivity index is 2.16. The minimum absolute atomic E-state index is 0.0115. The number of amides is 1. The Labute approximate surface area is 131 Å². The van der Waals surface area contributed by atoms with Crippen LogP contribution in [0.3, 0.4) is 0 Å². The zero-order valence-corrected chi connectivity index (χ0v) is 13.4. The van der Waals surface area contributed by atoms with Crippen LogP contribution in [-0.4, -0.2) is 5.91 Å². The van der Waals surface area contributed by atoms with E-state index in [0.29, 0.717) is 0 Å². The van der Waals surface area contributed by atoms with Gasteiger partial charge in [0, 0.05) is 11.6 Å². The van der Waals surface area contributed by atoms with Gasteiger partial charge in [0.2, 0.25) is 5.91 Å². The number of carbonyl (C=O) groups is 1. The first-order chi connectivity index (χ1) is 10.5. The van der Waals surface area contributed by atoms with Gasteiger partial charge in [0.1, 0.15) is 0 Å². The summed E-state index contributed by atoms with van der Waals surface area (Å²) in [6.45, 7) is 7.69. The zero-order valence-electron chi connectivity index (χ0n) is 13.4. The van der Waals surface area contributed by atoms with Crippen LogP contribution in [0.2, 0.25) is 0 Å². The highest BCUT2D eigenvalue weighted by atomic mass is 16.1.